The molecule has 5 heteroatoms. The van der Waals surface area contributed by atoms with E-state index in [-0.39, 0.29) is 11.9 Å². The molecule has 1 atom stereocenters. The van der Waals surface area contributed by atoms with Crippen LogP contribution in [0.4, 0.5) is 0 Å². The van der Waals surface area contributed by atoms with Gasteiger partial charge in [-0.2, -0.15) is 0 Å². The summed E-state index contributed by atoms with van der Waals surface area (Å²) < 4.78 is 0. The van der Waals surface area contributed by atoms with Crippen LogP contribution < -0.4 is 5.32 Å². The van der Waals surface area contributed by atoms with Gasteiger partial charge in [0.2, 0.25) is 5.91 Å². The zero-order valence-electron chi connectivity index (χ0n) is 14.9. The largest absolute Gasteiger partial charge is 0.354 e. The molecule has 1 aromatic carbocycles. The molecule has 0 spiro atoms. The Balaban J connectivity index is 1.38. The van der Waals surface area contributed by atoms with E-state index in [0.717, 1.165) is 45.7 Å². The van der Waals surface area contributed by atoms with Crippen LogP contribution in [-0.2, 0) is 17.8 Å². The summed E-state index contributed by atoms with van der Waals surface area (Å²) >= 11 is 1.74. The average Bonchev–Trinajstić information content (AvgIpc) is 3.16. The third-order valence-electron chi connectivity index (χ3n) is 4.83. The van der Waals surface area contributed by atoms with Crippen molar-refractivity contribution in [2.45, 2.75) is 25.9 Å². The van der Waals surface area contributed by atoms with Gasteiger partial charge < -0.3 is 5.32 Å². The molecule has 1 aliphatic heterocycles. The Labute approximate surface area is 154 Å². The Hall–Kier alpha value is -1.69. The Morgan fingerprint density at radius 3 is 2.56 bits per heavy atom. The van der Waals surface area contributed by atoms with Gasteiger partial charge in [0.05, 0.1) is 6.04 Å². The summed E-state index contributed by atoms with van der Waals surface area (Å²) in [7, 11) is 0. The van der Waals surface area contributed by atoms with E-state index in [1.807, 2.05) is 6.92 Å². The molecule has 3 rings (SSSR count). The van der Waals surface area contributed by atoms with Crippen molar-refractivity contribution in [3.8, 4) is 0 Å². The maximum atomic E-state index is 12.4. The lowest BCUT2D eigenvalue weighted by Crippen LogP contribution is -2.53. The molecule has 1 saturated heterocycles. The summed E-state index contributed by atoms with van der Waals surface area (Å²) in [5.41, 5.74) is 1.36. The molecule has 1 aliphatic rings. The summed E-state index contributed by atoms with van der Waals surface area (Å²) in [6.07, 6.45) is 0.918. The van der Waals surface area contributed by atoms with Gasteiger partial charge in [-0.15, -0.1) is 11.3 Å². The SMILES string of the molecule is C[C@H](C(=O)NCCc1cccs1)N1CCN(Cc2ccccc2)CC1. The normalized spacial score (nSPS) is 17.3. The van der Waals surface area contributed by atoms with Gasteiger partial charge in [0, 0.05) is 44.1 Å². The Kier molecular flexibility index (Phi) is 6.62. The Morgan fingerprint density at radius 2 is 1.88 bits per heavy atom. The first-order chi connectivity index (χ1) is 12.2. The molecule has 134 valence electrons. The molecule has 4 nitrogen and oxygen atoms in total. The predicted molar refractivity (Wildman–Crippen MR) is 104 cm³/mol. The van der Waals surface area contributed by atoms with Gasteiger partial charge in [0.15, 0.2) is 0 Å². The van der Waals surface area contributed by atoms with Crippen molar-refractivity contribution in [2.24, 2.45) is 0 Å². The number of rotatable bonds is 7. The van der Waals surface area contributed by atoms with Gasteiger partial charge in [-0.3, -0.25) is 14.6 Å². The maximum Gasteiger partial charge on any atom is 0.237 e. The third-order valence-corrected chi connectivity index (χ3v) is 5.77. The molecular weight excluding hydrogens is 330 g/mol. The number of nitrogens with zero attached hydrogens (tertiary/aromatic N) is 2. The lowest BCUT2D eigenvalue weighted by atomic mass is 10.1. The van der Waals surface area contributed by atoms with E-state index < -0.39 is 0 Å². The van der Waals surface area contributed by atoms with Gasteiger partial charge in [-0.05, 0) is 30.4 Å². The second kappa shape index (κ2) is 9.13. The number of nitrogens with one attached hydrogen (secondary N) is 1. The molecule has 1 amide bonds. The van der Waals surface area contributed by atoms with E-state index in [1.54, 1.807) is 11.3 Å². The summed E-state index contributed by atoms with van der Waals surface area (Å²) in [5.74, 6) is 0.146. The fourth-order valence-corrected chi connectivity index (χ4v) is 3.94. The molecule has 0 radical (unpaired) electrons. The molecule has 0 bridgehead atoms. The minimum Gasteiger partial charge on any atom is -0.354 e. The number of hydrogen-bond acceptors (Lipinski definition) is 4. The third kappa shape index (κ3) is 5.39. The zero-order valence-corrected chi connectivity index (χ0v) is 15.7. The number of hydrogen-bond donors (Lipinski definition) is 1. The molecular formula is C20H27N3OS. The van der Waals surface area contributed by atoms with Crippen molar-refractivity contribution in [1.29, 1.82) is 0 Å². The summed E-state index contributed by atoms with van der Waals surface area (Å²) in [4.78, 5) is 18.5. The molecule has 1 N–H and O–H groups in total. The Morgan fingerprint density at radius 1 is 1.12 bits per heavy atom. The van der Waals surface area contributed by atoms with Crippen LogP contribution in [0.5, 0.6) is 0 Å². The Bertz CT molecular complexity index is 636. The molecule has 0 saturated carbocycles. The number of thiophene rings is 1. The summed E-state index contributed by atoms with van der Waals surface area (Å²) in [6.45, 7) is 7.67. The lowest BCUT2D eigenvalue weighted by molar-refractivity contribution is -0.126. The fraction of sp³-hybridized carbons (Fsp3) is 0.450. The van der Waals surface area contributed by atoms with E-state index in [1.165, 1.54) is 10.4 Å². The number of piperazine rings is 1. The van der Waals surface area contributed by atoms with Crippen LogP contribution in [0.1, 0.15) is 17.4 Å². The lowest BCUT2D eigenvalue weighted by Gasteiger charge is -2.37. The molecule has 2 heterocycles. The molecule has 2 aromatic rings. The van der Waals surface area contributed by atoms with Crippen LogP contribution in [0.3, 0.4) is 0 Å². The van der Waals surface area contributed by atoms with Crippen LogP contribution in [0, 0.1) is 0 Å². The molecule has 25 heavy (non-hydrogen) atoms. The van der Waals surface area contributed by atoms with E-state index in [9.17, 15) is 4.79 Å². The molecule has 1 fully saturated rings. The van der Waals surface area contributed by atoms with Crippen LogP contribution in [0.15, 0.2) is 47.8 Å². The van der Waals surface area contributed by atoms with E-state index in [2.05, 4.69) is 63.0 Å². The first kappa shape index (κ1) is 18.1. The van der Waals surface area contributed by atoms with E-state index in [0.29, 0.717) is 0 Å². The van der Waals surface area contributed by atoms with Crippen molar-refractivity contribution in [2.75, 3.05) is 32.7 Å². The highest BCUT2D eigenvalue weighted by molar-refractivity contribution is 7.09. The van der Waals surface area contributed by atoms with Crippen LogP contribution in [0.25, 0.3) is 0 Å². The molecule has 1 aromatic heterocycles. The van der Waals surface area contributed by atoms with Crippen molar-refractivity contribution in [3.63, 3.8) is 0 Å². The van der Waals surface area contributed by atoms with Crippen LogP contribution in [-0.4, -0.2) is 54.5 Å². The smallest absolute Gasteiger partial charge is 0.237 e. The second-order valence-electron chi connectivity index (χ2n) is 6.59. The van der Waals surface area contributed by atoms with Crippen molar-refractivity contribution >= 4 is 17.2 Å². The number of carbonyl (C=O) groups is 1. The number of carbonyl (C=O) groups excluding carboxylic acids is 1. The monoisotopic (exact) mass is 357 g/mol. The fourth-order valence-electron chi connectivity index (χ4n) is 3.23. The van der Waals surface area contributed by atoms with E-state index in [4.69, 9.17) is 0 Å². The summed E-state index contributed by atoms with van der Waals surface area (Å²) in [5, 5.41) is 5.16. The topological polar surface area (TPSA) is 35.6 Å². The van der Waals surface area contributed by atoms with Gasteiger partial charge in [0.25, 0.3) is 0 Å². The van der Waals surface area contributed by atoms with Crippen LogP contribution >= 0.6 is 11.3 Å². The first-order valence-corrected chi connectivity index (χ1v) is 9.91. The standard InChI is InChI=1S/C20H27N3OS/c1-17(20(24)21-10-9-19-8-5-15-25-19)23-13-11-22(12-14-23)16-18-6-3-2-4-7-18/h2-8,15,17H,9-14,16H2,1H3,(H,21,24)/t17-/m1/s1. The van der Waals surface area contributed by atoms with Gasteiger partial charge in [-0.25, -0.2) is 0 Å². The highest BCUT2D eigenvalue weighted by atomic mass is 32.1. The van der Waals surface area contributed by atoms with Crippen LogP contribution in [0.2, 0.25) is 0 Å². The summed E-state index contributed by atoms with van der Waals surface area (Å²) in [6, 6.07) is 14.7. The van der Waals surface area contributed by atoms with Gasteiger partial charge >= 0.3 is 0 Å². The van der Waals surface area contributed by atoms with Crippen molar-refractivity contribution in [1.82, 2.24) is 15.1 Å². The highest BCUT2D eigenvalue weighted by Gasteiger charge is 2.25. The maximum absolute atomic E-state index is 12.4. The minimum atomic E-state index is -0.0535. The minimum absolute atomic E-state index is 0.0535. The zero-order chi connectivity index (χ0) is 17.5. The first-order valence-electron chi connectivity index (χ1n) is 9.03. The number of benzene rings is 1. The number of amides is 1. The molecule has 0 aliphatic carbocycles. The molecule has 0 unspecified atom stereocenters. The quantitative estimate of drug-likeness (QED) is 0.827. The predicted octanol–water partition coefficient (Wildman–Crippen LogP) is 2.61. The van der Waals surface area contributed by atoms with Gasteiger partial charge in [-0.1, -0.05) is 36.4 Å². The van der Waals surface area contributed by atoms with E-state index >= 15 is 0 Å². The van der Waals surface area contributed by atoms with Crippen molar-refractivity contribution < 1.29 is 4.79 Å². The van der Waals surface area contributed by atoms with Crippen molar-refractivity contribution in [3.05, 3.63) is 58.3 Å². The second-order valence-corrected chi connectivity index (χ2v) is 7.63. The average molecular weight is 358 g/mol. The highest BCUT2D eigenvalue weighted by Crippen LogP contribution is 2.11. The van der Waals surface area contributed by atoms with Gasteiger partial charge in [0.1, 0.15) is 0 Å².